The van der Waals surface area contributed by atoms with Crippen molar-refractivity contribution in [2.75, 3.05) is 0 Å². The molecule has 0 aliphatic carbocycles. The molecule has 0 amide bonds. The van der Waals surface area contributed by atoms with Gasteiger partial charge in [-0.3, -0.25) is 0 Å². The third kappa shape index (κ3) is 2.52. The van der Waals surface area contributed by atoms with Gasteiger partial charge in [-0.15, -0.1) is 11.3 Å². The van der Waals surface area contributed by atoms with Crippen molar-refractivity contribution in [1.82, 2.24) is 0 Å². The summed E-state index contributed by atoms with van der Waals surface area (Å²) in [5, 5.41) is 2.08. The van der Waals surface area contributed by atoms with Gasteiger partial charge in [0.05, 0.1) is 0 Å². The van der Waals surface area contributed by atoms with Gasteiger partial charge >= 0.3 is 0 Å². The number of thiophene rings is 1. The molecule has 0 spiro atoms. The van der Waals surface area contributed by atoms with Crippen LogP contribution in [0.25, 0.3) is 0 Å². The maximum absolute atomic E-state index is 6.17. The predicted molar refractivity (Wildman–Crippen MR) is 70.9 cm³/mol. The molecule has 0 aliphatic heterocycles. The molecule has 16 heavy (non-hydrogen) atoms. The number of nitrogens with two attached hydrogens (primary N) is 1. The van der Waals surface area contributed by atoms with E-state index in [0.29, 0.717) is 0 Å². The van der Waals surface area contributed by atoms with Crippen LogP contribution in [0.1, 0.15) is 27.6 Å². The molecule has 0 fully saturated rings. The normalized spacial score (nSPS) is 12.7. The lowest BCUT2D eigenvalue weighted by Crippen LogP contribution is -2.11. The van der Waals surface area contributed by atoms with Gasteiger partial charge in [0.2, 0.25) is 0 Å². The van der Waals surface area contributed by atoms with Crippen molar-refractivity contribution in [2.45, 2.75) is 26.3 Å². The van der Waals surface area contributed by atoms with Gasteiger partial charge in [0.15, 0.2) is 0 Å². The van der Waals surface area contributed by atoms with Crippen LogP contribution >= 0.6 is 11.3 Å². The van der Waals surface area contributed by atoms with Crippen molar-refractivity contribution in [1.29, 1.82) is 0 Å². The van der Waals surface area contributed by atoms with Crippen molar-refractivity contribution in [3.05, 3.63) is 57.3 Å². The predicted octanol–water partition coefficient (Wildman–Crippen LogP) is 3.61. The Bertz CT molecular complexity index is 460. The zero-order chi connectivity index (χ0) is 11.5. The van der Waals surface area contributed by atoms with Crippen LogP contribution in [0.15, 0.2) is 35.7 Å². The average molecular weight is 231 g/mol. The first-order chi connectivity index (χ1) is 7.66. The fourth-order valence-corrected chi connectivity index (χ4v) is 2.52. The minimum Gasteiger partial charge on any atom is -0.323 e. The smallest absolute Gasteiger partial charge is 0.0430 e. The minimum atomic E-state index is 0.127. The Labute approximate surface area is 101 Å². The zero-order valence-electron chi connectivity index (χ0n) is 9.73. The summed E-state index contributed by atoms with van der Waals surface area (Å²) in [6, 6.07) is 10.9. The second kappa shape index (κ2) is 4.81. The van der Waals surface area contributed by atoms with Gasteiger partial charge in [-0.2, -0.15) is 0 Å². The second-order valence-electron chi connectivity index (χ2n) is 4.24. The first kappa shape index (κ1) is 11.4. The van der Waals surface area contributed by atoms with Crippen LogP contribution < -0.4 is 5.73 Å². The molecule has 2 aromatic rings. The van der Waals surface area contributed by atoms with Crippen molar-refractivity contribution in [2.24, 2.45) is 5.73 Å². The molecule has 1 aromatic heterocycles. The quantitative estimate of drug-likeness (QED) is 0.858. The largest absolute Gasteiger partial charge is 0.323 e. The number of hydrogen-bond donors (Lipinski definition) is 1. The highest BCUT2D eigenvalue weighted by atomic mass is 32.1. The third-order valence-electron chi connectivity index (χ3n) is 2.94. The second-order valence-corrected chi connectivity index (χ2v) is 5.22. The molecule has 1 atom stereocenters. The van der Waals surface area contributed by atoms with Gasteiger partial charge in [-0.05, 0) is 48.4 Å². The summed E-state index contributed by atoms with van der Waals surface area (Å²) in [5.41, 5.74) is 10.2. The summed E-state index contributed by atoms with van der Waals surface area (Å²) in [7, 11) is 0. The lowest BCUT2D eigenvalue weighted by Gasteiger charge is -2.11. The number of hydrogen-bond acceptors (Lipinski definition) is 2. The van der Waals surface area contributed by atoms with E-state index in [0.717, 1.165) is 6.42 Å². The Hall–Kier alpha value is -1.12. The van der Waals surface area contributed by atoms with Crippen molar-refractivity contribution in [3.63, 3.8) is 0 Å². The molecule has 1 heterocycles. The van der Waals surface area contributed by atoms with Crippen molar-refractivity contribution < 1.29 is 0 Å². The molecule has 0 radical (unpaired) electrons. The van der Waals surface area contributed by atoms with Crippen LogP contribution in [0.2, 0.25) is 0 Å². The van der Waals surface area contributed by atoms with Gasteiger partial charge in [-0.1, -0.05) is 24.3 Å². The SMILES string of the molecule is Cc1ccc(CC(N)c2cccs2)cc1C. The Kier molecular flexibility index (Phi) is 3.42. The van der Waals surface area contributed by atoms with E-state index >= 15 is 0 Å². The zero-order valence-corrected chi connectivity index (χ0v) is 10.6. The molecular formula is C14H17NS. The van der Waals surface area contributed by atoms with Crippen LogP contribution in [-0.2, 0) is 6.42 Å². The van der Waals surface area contributed by atoms with E-state index in [1.165, 1.54) is 21.6 Å². The number of rotatable bonds is 3. The van der Waals surface area contributed by atoms with Crippen molar-refractivity contribution in [3.8, 4) is 0 Å². The summed E-state index contributed by atoms with van der Waals surface area (Å²) in [6.07, 6.45) is 0.918. The molecule has 1 unspecified atom stereocenters. The van der Waals surface area contributed by atoms with E-state index in [9.17, 15) is 0 Å². The summed E-state index contributed by atoms with van der Waals surface area (Å²) in [5.74, 6) is 0. The molecule has 84 valence electrons. The highest BCUT2D eigenvalue weighted by molar-refractivity contribution is 7.10. The lowest BCUT2D eigenvalue weighted by atomic mass is 10.0. The lowest BCUT2D eigenvalue weighted by molar-refractivity contribution is 0.736. The highest BCUT2D eigenvalue weighted by Crippen LogP contribution is 2.21. The summed E-state index contributed by atoms with van der Waals surface area (Å²) in [6.45, 7) is 4.29. The molecule has 1 nitrogen and oxygen atoms in total. The number of aryl methyl sites for hydroxylation is 2. The minimum absolute atomic E-state index is 0.127. The molecule has 0 bridgehead atoms. The summed E-state index contributed by atoms with van der Waals surface area (Å²) in [4.78, 5) is 1.26. The van der Waals surface area contributed by atoms with Gasteiger partial charge in [-0.25, -0.2) is 0 Å². The van der Waals surface area contributed by atoms with Crippen molar-refractivity contribution >= 4 is 11.3 Å². The molecule has 1 aromatic carbocycles. The van der Waals surface area contributed by atoms with E-state index in [2.05, 4.69) is 49.6 Å². The maximum Gasteiger partial charge on any atom is 0.0430 e. The molecule has 0 saturated carbocycles. The van der Waals surface area contributed by atoms with Gasteiger partial charge in [0, 0.05) is 10.9 Å². The van der Waals surface area contributed by atoms with Crippen LogP contribution in [0.3, 0.4) is 0 Å². The Morgan fingerprint density at radius 1 is 1.19 bits per heavy atom. The maximum atomic E-state index is 6.17. The van der Waals surface area contributed by atoms with Crippen LogP contribution in [0, 0.1) is 13.8 Å². The Morgan fingerprint density at radius 3 is 2.62 bits per heavy atom. The van der Waals surface area contributed by atoms with Gasteiger partial charge < -0.3 is 5.73 Å². The fourth-order valence-electron chi connectivity index (χ4n) is 1.79. The number of benzene rings is 1. The van der Waals surface area contributed by atoms with E-state index in [-0.39, 0.29) is 6.04 Å². The van der Waals surface area contributed by atoms with E-state index < -0.39 is 0 Å². The molecular weight excluding hydrogens is 214 g/mol. The first-order valence-electron chi connectivity index (χ1n) is 5.52. The first-order valence-corrected chi connectivity index (χ1v) is 6.40. The van der Waals surface area contributed by atoms with Crippen LogP contribution in [-0.4, -0.2) is 0 Å². The van der Waals surface area contributed by atoms with Gasteiger partial charge in [0.1, 0.15) is 0 Å². The van der Waals surface area contributed by atoms with Crippen LogP contribution in [0.5, 0.6) is 0 Å². The summed E-state index contributed by atoms with van der Waals surface area (Å²) >= 11 is 1.73. The molecule has 2 heteroatoms. The third-order valence-corrected chi connectivity index (χ3v) is 3.94. The summed E-state index contributed by atoms with van der Waals surface area (Å²) < 4.78 is 0. The monoisotopic (exact) mass is 231 g/mol. The van der Waals surface area contributed by atoms with E-state index in [1.54, 1.807) is 11.3 Å². The van der Waals surface area contributed by atoms with E-state index in [4.69, 9.17) is 5.73 Å². The molecule has 0 saturated heterocycles. The average Bonchev–Trinajstić information content (AvgIpc) is 2.77. The Morgan fingerprint density at radius 2 is 2.00 bits per heavy atom. The van der Waals surface area contributed by atoms with E-state index in [1.807, 2.05) is 0 Å². The molecule has 2 rings (SSSR count). The fraction of sp³-hybridized carbons (Fsp3) is 0.286. The molecule has 0 aliphatic rings. The highest BCUT2D eigenvalue weighted by Gasteiger charge is 2.08. The standard InChI is InChI=1S/C14H17NS/c1-10-5-6-12(8-11(10)2)9-13(15)14-4-3-7-16-14/h3-8,13H,9,15H2,1-2H3. The topological polar surface area (TPSA) is 26.0 Å². The molecule has 2 N–H and O–H groups in total. The van der Waals surface area contributed by atoms with Gasteiger partial charge in [0.25, 0.3) is 0 Å². The van der Waals surface area contributed by atoms with Crippen LogP contribution in [0.4, 0.5) is 0 Å². The Balaban J connectivity index is 2.12.